The van der Waals surface area contributed by atoms with Crippen molar-refractivity contribution in [2.75, 3.05) is 17.1 Å². The highest BCUT2D eigenvalue weighted by molar-refractivity contribution is 9.10. The highest BCUT2D eigenvalue weighted by Gasteiger charge is 2.32. The molecule has 2 aromatic carbocycles. The quantitative estimate of drug-likeness (QED) is 0.335. The number of carbonyl (C=O) groups excluding carboxylic acids is 2. The highest BCUT2D eigenvalue weighted by atomic mass is 79.9. The molecule has 0 aromatic heterocycles. The van der Waals surface area contributed by atoms with Crippen LogP contribution in [0.4, 0.5) is 5.69 Å². The van der Waals surface area contributed by atoms with Crippen LogP contribution in [-0.2, 0) is 26.2 Å². The van der Waals surface area contributed by atoms with E-state index in [0.29, 0.717) is 0 Å². The molecule has 1 fully saturated rings. The van der Waals surface area contributed by atoms with Gasteiger partial charge < -0.3 is 10.2 Å². The number of sulfonamides is 1. The standard InChI is InChI=1S/C25H29BrCl3N3O4S/c1-16(25(34)30-19-9-4-3-5-10-19)31(14-17-7-6-8-18(26)11-17)24(33)15-32(37(2,35)36)23-13-21(28)20(27)12-22(23)29/h6-8,11-13,16,19H,3-5,9-10,14-15H2,1-2H3,(H,30,34). The normalized spacial score (nSPS) is 15.2. The van der Waals surface area contributed by atoms with Crippen LogP contribution in [0.1, 0.15) is 44.6 Å². The first-order chi connectivity index (χ1) is 17.4. The third-order valence-corrected chi connectivity index (χ3v) is 8.94. The summed E-state index contributed by atoms with van der Waals surface area (Å²) in [5.74, 6) is -0.854. The first-order valence-electron chi connectivity index (χ1n) is 11.8. The van der Waals surface area contributed by atoms with E-state index in [2.05, 4.69) is 21.2 Å². The van der Waals surface area contributed by atoms with Gasteiger partial charge in [-0.05, 0) is 49.6 Å². The predicted molar refractivity (Wildman–Crippen MR) is 153 cm³/mol. The number of carbonyl (C=O) groups is 2. The Labute approximate surface area is 241 Å². The molecule has 1 atom stereocenters. The van der Waals surface area contributed by atoms with Crippen LogP contribution < -0.4 is 9.62 Å². The number of anilines is 1. The van der Waals surface area contributed by atoms with E-state index in [4.69, 9.17) is 34.8 Å². The van der Waals surface area contributed by atoms with Gasteiger partial charge in [0.05, 0.1) is 27.0 Å². The molecule has 1 aliphatic rings. The van der Waals surface area contributed by atoms with Crippen LogP contribution in [0.3, 0.4) is 0 Å². The van der Waals surface area contributed by atoms with Gasteiger partial charge in [0, 0.05) is 17.1 Å². The summed E-state index contributed by atoms with van der Waals surface area (Å²) in [6.45, 7) is 1.17. The fourth-order valence-electron chi connectivity index (χ4n) is 4.28. The molecule has 0 aliphatic heterocycles. The molecule has 0 spiro atoms. The van der Waals surface area contributed by atoms with Crippen molar-refractivity contribution in [3.05, 3.63) is 61.5 Å². The van der Waals surface area contributed by atoms with Crippen molar-refractivity contribution in [3.8, 4) is 0 Å². The van der Waals surface area contributed by atoms with Crippen LogP contribution in [0.25, 0.3) is 0 Å². The Morgan fingerprint density at radius 1 is 1.05 bits per heavy atom. The van der Waals surface area contributed by atoms with Gasteiger partial charge in [-0.15, -0.1) is 0 Å². The van der Waals surface area contributed by atoms with Crippen LogP contribution >= 0.6 is 50.7 Å². The minimum absolute atomic E-state index is 0.0219. The number of amides is 2. The molecule has 0 heterocycles. The fraction of sp³-hybridized carbons (Fsp3) is 0.440. The average molecular weight is 654 g/mol. The van der Waals surface area contributed by atoms with E-state index < -0.39 is 28.5 Å². The molecule has 2 amide bonds. The molecule has 3 rings (SSSR count). The topological polar surface area (TPSA) is 86.8 Å². The van der Waals surface area contributed by atoms with Gasteiger partial charge in [0.25, 0.3) is 0 Å². The minimum atomic E-state index is -3.96. The largest absolute Gasteiger partial charge is 0.352 e. The lowest BCUT2D eigenvalue weighted by Gasteiger charge is -2.33. The Bertz CT molecular complexity index is 1260. The monoisotopic (exact) mass is 651 g/mol. The van der Waals surface area contributed by atoms with Gasteiger partial charge in [0.2, 0.25) is 21.8 Å². The third-order valence-electron chi connectivity index (χ3n) is 6.30. The minimum Gasteiger partial charge on any atom is -0.352 e. The average Bonchev–Trinajstić information content (AvgIpc) is 2.83. The molecule has 2 aromatic rings. The van der Waals surface area contributed by atoms with Crippen LogP contribution in [0.2, 0.25) is 15.1 Å². The van der Waals surface area contributed by atoms with Crippen molar-refractivity contribution in [1.82, 2.24) is 10.2 Å². The second kappa shape index (κ2) is 13.0. The summed E-state index contributed by atoms with van der Waals surface area (Å²) in [4.78, 5) is 28.3. The number of benzene rings is 2. The van der Waals surface area contributed by atoms with E-state index in [0.717, 1.165) is 52.7 Å². The third kappa shape index (κ3) is 8.23. The second-order valence-electron chi connectivity index (χ2n) is 9.16. The fourth-order valence-corrected chi connectivity index (χ4v) is 6.27. The molecule has 0 saturated heterocycles. The van der Waals surface area contributed by atoms with E-state index in [-0.39, 0.29) is 39.2 Å². The van der Waals surface area contributed by atoms with Crippen molar-refractivity contribution in [2.24, 2.45) is 0 Å². The van der Waals surface area contributed by atoms with E-state index in [1.807, 2.05) is 24.3 Å². The molecule has 1 N–H and O–H groups in total. The lowest BCUT2D eigenvalue weighted by atomic mass is 9.95. The number of hydrogen-bond acceptors (Lipinski definition) is 4. The molecule has 1 saturated carbocycles. The first-order valence-corrected chi connectivity index (χ1v) is 15.6. The van der Waals surface area contributed by atoms with Gasteiger partial charge in [-0.25, -0.2) is 8.42 Å². The van der Waals surface area contributed by atoms with Crippen LogP contribution in [0.15, 0.2) is 40.9 Å². The van der Waals surface area contributed by atoms with E-state index in [1.54, 1.807) is 6.92 Å². The van der Waals surface area contributed by atoms with Gasteiger partial charge in [0.15, 0.2) is 0 Å². The Morgan fingerprint density at radius 2 is 1.70 bits per heavy atom. The molecule has 202 valence electrons. The number of nitrogens with one attached hydrogen (secondary N) is 1. The predicted octanol–water partition coefficient (Wildman–Crippen LogP) is 6.04. The SMILES string of the molecule is CC(C(=O)NC1CCCCC1)N(Cc1cccc(Br)c1)C(=O)CN(c1cc(Cl)c(Cl)cc1Cl)S(C)(=O)=O. The zero-order valence-electron chi connectivity index (χ0n) is 20.5. The van der Waals surface area contributed by atoms with Gasteiger partial charge in [0.1, 0.15) is 12.6 Å². The van der Waals surface area contributed by atoms with Crippen molar-refractivity contribution in [3.63, 3.8) is 0 Å². The molecule has 0 bridgehead atoms. The molecule has 12 heteroatoms. The van der Waals surface area contributed by atoms with Crippen molar-refractivity contribution >= 4 is 78.3 Å². The Morgan fingerprint density at radius 3 is 2.32 bits per heavy atom. The summed E-state index contributed by atoms with van der Waals surface area (Å²) in [6.07, 6.45) is 6.01. The summed E-state index contributed by atoms with van der Waals surface area (Å²) in [5, 5.41) is 3.33. The Balaban J connectivity index is 1.92. The van der Waals surface area contributed by atoms with Crippen molar-refractivity contribution < 1.29 is 18.0 Å². The smallest absolute Gasteiger partial charge is 0.244 e. The summed E-state index contributed by atoms with van der Waals surface area (Å²) < 4.78 is 27.2. The zero-order chi connectivity index (χ0) is 27.3. The molecule has 37 heavy (non-hydrogen) atoms. The lowest BCUT2D eigenvalue weighted by molar-refractivity contribution is -0.139. The molecule has 7 nitrogen and oxygen atoms in total. The summed E-state index contributed by atoms with van der Waals surface area (Å²) >= 11 is 21.9. The molecule has 1 aliphatic carbocycles. The van der Waals surface area contributed by atoms with Crippen LogP contribution in [0.5, 0.6) is 0 Å². The van der Waals surface area contributed by atoms with Crippen molar-refractivity contribution in [1.29, 1.82) is 0 Å². The maximum Gasteiger partial charge on any atom is 0.244 e. The second-order valence-corrected chi connectivity index (χ2v) is 13.2. The zero-order valence-corrected chi connectivity index (χ0v) is 25.2. The summed E-state index contributed by atoms with van der Waals surface area (Å²) in [7, 11) is -3.96. The van der Waals surface area contributed by atoms with Gasteiger partial charge >= 0.3 is 0 Å². The van der Waals surface area contributed by atoms with Gasteiger partial charge in [-0.3, -0.25) is 13.9 Å². The lowest BCUT2D eigenvalue weighted by Crippen LogP contribution is -2.53. The van der Waals surface area contributed by atoms with Gasteiger partial charge in [-0.1, -0.05) is 82.1 Å². The van der Waals surface area contributed by atoms with E-state index in [9.17, 15) is 18.0 Å². The van der Waals surface area contributed by atoms with E-state index >= 15 is 0 Å². The number of halogens is 4. The van der Waals surface area contributed by atoms with Crippen LogP contribution in [0, 0.1) is 0 Å². The maximum absolute atomic E-state index is 13.7. The number of nitrogens with zero attached hydrogens (tertiary/aromatic N) is 2. The molecule has 1 unspecified atom stereocenters. The number of hydrogen-bond donors (Lipinski definition) is 1. The maximum atomic E-state index is 13.7. The molecule has 0 radical (unpaired) electrons. The Hall–Kier alpha value is -1.52. The summed E-state index contributed by atoms with van der Waals surface area (Å²) in [6, 6.07) is 9.20. The first kappa shape index (κ1) is 30.0. The summed E-state index contributed by atoms with van der Waals surface area (Å²) in [5.41, 5.74) is 0.798. The van der Waals surface area contributed by atoms with Gasteiger partial charge in [-0.2, -0.15) is 0 Å². The number of rotatable bonds is 9. The molecular formula is C25H29BrCl3N3O4S. The molecular weight excluding hydrogens is 625 g/mol. The highest BCUT2D eigenvalue weighted by Crippen LogP contribution is 2.35. The van der Waals surface area contributed by atoms with Crippen molar-refractivity contribution in [2.45, 2.75) is 57.7 Å². The van der Waals surface area contributed by atoms with E-state index in [1.165, 1.54) is 17.0 Å². The van der Waals surface area contributed by atoms with Crippen LogP contribution in [-0.4, -0.2) is 50.0 Å². The Kier molecular flexibility index (Phi) is 10.6.